The largest absolute Gasteiger partial charge is 0.426 e. The van der Waals surface area contributed by atoms with E-state index in [9.17, 15) is 9.59 Å². The Morgan fingerprint density at radius 3 is 1.83 bits per heavy atom. The van der Waals surface area contributed by atoms with Gasteiger partial charge in [-0.25, -0.2) is 4.79 Å². The lowest BCUT2D eigenvalue weighted by Crippen LogP contribution is -2.16. The Morgan fingerprint density at radius 1 is 0.958 bits per heavy atom. The van der Waals surface area contributed by atoms with Crippen molar-refractivity contribution in [2.75, 3.05) is 0 Å². The van der Waals surface area contributed by atoms with E-state index in [-0.39, 0.29) is 11.9 Å². The second-order valence-electron chi connectivity index (χ2n) is 5.40. The number of hydrogen-bond acceptors (Lipinski definition) is 4. The Bertz CT molecular complexity index is 714. The topological polar surface area (TPSA) is 52.6 Å². The van der Waals surface area contributed by atoms with Crippen LogP contribution in [0.15, 0.2) is 61.2 Å². The molecule has 0 aliphatic carbocycles. The predicted molar refractivity (Wildman–Crippen MR) is 92.8 cm³/mol. The molecular formula is C20H20O4. The molecule has 0 spiro atoms. The van der Waals surface area contributed by atoms with Crippen LogP contribution in [0.4, 0.5) is 0 Å². The van der Waals surface area contributed by atoms with Crippen molar-refractivity contribution in [3.63, 3.8) is 0 Å². The first-order valence-corrected chi connectivity index (χ1v) is 7.80. The summed E-state index contributed by atoms with van der Waals surface area (Å²) in [4.78, 5) is 22.9. The minimum atomic E-state index is -0.491. The van der Waals surface area contributed by atoms with E-state index in [2.05, 4.69) is 6.58 Å². The van der Waals surface area contributed by atoms with Crippen LogP contribution in [0.3, 0.4) is 0 Å². The highest BCUT2D eigenvalue weighted by atomic mass is 16.5. The Kier molecular flexibility index (Phi) is 5.90. The average molecular weight is 324 g/mol. The number of carbonyl (C=O) groups excluding carboxylic acids is 2. The van der Waals surface area contributed by atoms with Gasteiger partial charge < -0.3 is 9.47 Å². The number of carbonyl (C=O) groups is 2. The third-order valence-corrected chi connectivity index (χ3v) is 3.66. The van der Waals surface area contributed by atoms with Crippen LogP contribution in [0.25, 0.3) is 11.1 Å². The SMILES string of the molecule is C=CC(=O)Oc1ccc(-c2ccc(OC(=O)C(C)CC)cc2)cc1. The van der Waals surface area contributed by atoms with Gasteiger partial charge in [-0.15, -0.1) is 0 Å². The van der Waals surface area contributed by atoms with Crippen LogP contribution in [-0.4, -0.2) is 11.9 Å². The van der Waals surface area contributed by atoms with Gasteiger partial charge in [-0.1, -0.05) is 44.7 Å². The minimum Gasteiger partial charge on any atom is -0.426 e. The summed E-state index contributed by atoms with van der Waals surface area (Å²) in [6.07, 6.45) is 1.87. The number of rotatable bonds is 6. The zero-order valence-electron chi connectivity index (χ0n) is 13.8. The molecule has 4 heteroatoms. The summed E-state index contributed by atoms with van der Waals surface area (Å²) in [5.74, 6) is 0.160. The van der Waals surface area contributed by atoms with Gasteiger partial charge in [-0.2, -0.15) is 0 Å². The van der Waals surface area contributed by atoms with Gasteiger partial charge in [0.25, 0.3) is 0 Å². The van der Waals surface area contributed by atoms with Crippen LogP contribution in [0.5, 0.6) is 11.5 Å². The second-order valence-corrected chi connectivity index (χ2v) is 5.40. The summed E-state index contributed by atoms with van der Waals surface area (Å²) >= 11 is 0. The molecule has 2 aromatic rings. The molecule has 2 aromatic carbocycles. The maximum atomic E-state index is 11.8. The van der Waals surface area contributed by atoms with E-state index < -0.39 is 5.97 Å². The molecule has 4 nitrogen and oxygen atoms in total. The van der Waals surface area contributed by atoms with Crippen molar-refractivity contribution in [1.82, 2.24) is 0 Å². The normalized spacial score (nSPS) is 11.4. The second kappa shape index (κ2) is 8.11. The summed E-state index contributed by atoms with van der Waals surface area (Å²) in [6.45, 7) is 7.15. The Morgan fingerprint density at radius 2 is 1.42 bits per heavy atom. The van der Waals surface area contributed by atoms with E-state index >= 15 is 0 Å². The van der Waals surface area contributed by atoms with E-state index in [1.165, 1.54) is 0 Å². The molecule has 0 aromatic heterocycles. The van der Waals surface area contributed by atoms with Gasteiger partial charge in [0.2, 0.25) is 0 Å². The molecule has 0 aliphatic rings. The van der Waals surface area contributed by atoms with Crippen molar-refractivity contribution < 1.29 is 19.1 Å². The Hall–Kier alpha value is -2.88. The van der Waals surface area contributed by atoms with Crippen molar-refractivity contribution in [2.45, 2.75) is 20.3 Å². The fourth-order valence-electron chi connectivity index (χ4n) is 1.97. The lowest BCUT2D eigenvalue weighted by molar-refractivity contribution is -0.138. The number of benzene rings is 2. The third-order valence-electron chi connectivity index (χ3n) is 3.66. The highest BCUT2D eigenvalue weighted by Crippen LogP contribution is 2.25. The third kappa shape index (κ3) is 4.56. The van der Waals surface area contributed by atoms with Crippen LogP contribution in [0.1, 0.15) is 20.3 Å². The molecule has 24 heavy (non-hydrogen) atoms. The van der Waals surface area contributed by atoms with E-state index in [4.69, 9.17) is 9.47 Å². The molecule has 0 radical (unpaired) electrons. The van der Waals surface area contributed by atoms with Crippen molar-refractivity contribution in [1.29, 1.82) is 0 Å². The van der Waals surface area contributed by atoms with Crippen molar-refractivity contribution >= 4 is 11.9 Å². The fraction of sp³-hybridized carbons (Fsp3) is 0.200. The maximum Gasteiger partial charge on any atom is 0.335 e. The number of esters is 2. The fourth-order valence-corrected chi connectivity index (χ4v) is 1.97. The molecule has 124 valence electrons. The number of ether oxygens (including phenoxy) is 2. The molecule has 0 N–H and O–H groups in total. The van der Waals surface area contributed by atoms with Crippen LogP contribution in [0.2, 0.25) is 0 Å². The van der Waals surface area contributed by atoms with Gasteiger partial charge in [-0.05, 0) is 41.8 Å². The predicted octanol–water partition coefficient (Wildman–Crippen LogP) is 4.40. The molecule has 1 atom stereocenters. The molecular weight excluding hydrogens is 304 g/mol. The molecule has 0 heterocycles. The van der Waals surface area contributed by atoms with Crippen LogP contribution in [-0.2, 0) is 9.59 Å². The first-order valence-electron chi connectivity index (χ1n) is 7.80. The van der Waals surface area contributed by atoms with Gasteiger partial charge in [0.05, 0.1) is 5.92 Å². The Balaban J connectivity index is 2.06. The van der Waals surface area contributed by atoms with Crippen LogP contribution < -0.4 is 9.47 Å². The number of hydrogen-bond donors (Lipinski definition) is 0. The average Bonchev–Trinajstić information content (AvgIpc) is 2.62. The lowest BCUT2D eigenvalue weighted by atomic mass is 10.1. The zero-order valence-corrected chi connectivity index (χ0v) is 13.8. The standard InChI is InChI=1S/C20H20O4/c1-4-14(3)20(22)24-18-12-8-16(9-13-18)15-6-10-17(11-7-15)23-19(21)5-2/h5-14H,2,4H2,1,3H3. The highest BCUT2D eigenvalue weighted by molar-refractivity contribution is 5.83. The summed E-state index contributed by atoms with van der Waals surface area (Å²) in [5.41, 5.74) is 1.94. The first-order chi connectivity index (χ1) is 11.5. The van der Waals surface area contributed by atoms with E-state index in [1.54, 1.807) is 24.3 Å². The molecule has 0 fully saturated rings. The highest BCUT2D eigenvalue weighted by Gasteiger charge is 2.12. The molecule has 2 rings (SSSR count). The van der Waals surface area contributed by atoms with Gasteiger partial charge in [-0.3, -0.25) is 4.79 Å². The van der Waals surface area contributed by atoms with Gasteiger partial charge in [0, 0.05) is 6.08 Å². The summed E-state index contributed by atoms with van der Waals surface area (Å²) in [5, 5.41) is 0. The van der Waals surface area contributed by atoms with Gasteiger partial charge >= 0.3 is 11.9 Å². The maximum absolute atomic E-state index is 11.8. The first kappa shape index (κ1) is 17.5. The smallest absolute Gasteiger partial charge is 0.335 e. The van der Waals surface area contributed by atoms with Gasteiger partial charge in [0.15, 0.2) is 0 Å². The monoisotopic (exact) mass is 324 g/mol. The van der Waals surface area contributed by atoms with Crippen molar-refractivity contribution in [3.8, 4) is 22.6 Å². The van der Waals surface area contributed by atoms with Gasteiger partial charge in [0.1, 0.15) is 11.5 Å². The summed E-state index contributed by atoms with van der Waals surface area (Å²) in [6, 6.07) is 14.4. The van der Waals surface area contributed by atoms with Crippen molar-refractivity contribution in [3.05, 3.63) is 61.2 Å². The molecule has 0 amide bonds. The lowest BCUT2D eigenvalue weighted by Gasteiger charge is -2.09. The summed E-state index contributed by atoms with van der Waals surface area (Å²) < 4.78 is 10.4. The molecule has 0 saturated heterocycles. The quantitative estimate of drug-likeness (QED) is 0.449. The molecule has 0 bridgehead atoms. The molecule has 1 unspecified atom stereocenters. The zero-order chi connectivity index (χ0) is 17.5. The summed E-state index contributed by atoms with van der Waals surface area (Å²) in [7, 11) is 0. The molecule has 0 aliphatic heterocycles. The molecule has 0 saturated carbocycles. The minimum absolute atomic E-state index is 0.115. The van der Waals surface area contributed by atoms with E-state index in [1.807, 2.05) is 38.1 Å². The van der Waals surface area contributed by atoms with Crippen molar-refractivity contribution in [2.24, 2.45) is 5.92 Å². The van der Waals surface area contributed by atoms with Crippen LogP contribution in [0, 0.1) is 5.92 Å². The van der Waals surface area contributed by atoms with E-state index in [0.717, 1.165) is 23.6 Å². The Labute approximate surface area is 141 Å². The van der Waals surface area contributed by atoms with Crippen LogP contribution >= 0.6 is 0 Å². The van der Waals surface area contributed by atoms with E-state index in [0.29, 0.717) is 11.5 Å².